The zero-order chi connectivity index (χ0) is 18.7. The summed E-state index contributed by atoms with van der Waals surface area (Å²) in [7, 11) is 0. The summed E-state index contributed by atoms with van der Waals surface area (Å²) in [6.07, 6.45) is -3.54. The number of rotatable bonds is 3. The van der Waals surface area contributed by atoms with Crippen LogP contribution >= 0.6 is 0 Å². The van der Waals surface area contributed by atoms with Crippen molar-refractivity contribution >= 4 is 23.3 Å². The summed E-state index contributed by atoms with van der Waals surface area (Å²) in [4.78, 5) is 15.7. The van der Waals surface area contributed by atoms with Gasteiger partial charge in [-0.3, -0.25) is 5.32 Å². The number of hydrogen-bond donors (Lipinski definition) is 2. The second-order valence-corrected chi connectivity index (χ2v) is 6.26. The number of hydrogen-bond acceptors (Lipinski definition) is 4. The van der Waals surface area contributed by atoms with E-state index in [1.165, 1.54) is 18.3 Å². The standard InChI is InChI=1S/C17H18F3N3O2/c1-16(2,3)25-15(24)23-14-9-8-13(10-21-14)22-12-6-4-11(5-7-12)17(18,19)20/h4-10,22H,1-3H3,(H,21,23,24). The average molecular weight is 353 g/mol. The van der Waals surface area contributed by atoms with E-state index >= 15 is 0 Å². The van der Waals surface area contributed by atoms with Gasteiger partial charge in [0.05, 0.1) is 17.4 Å². The molecule has 0 unspecified atom stereocenters. The van der Waals surface area contributed by atoms with Crippen LogP contribution in [0.15, 0.2) is 42.6 Å². The number of benzene rings is 1. The van der Waals surface area contributed by atoms with Gasteiger partial charge in [-0.05, 0) is 57.2 Å². The van der Waals surface area contributed by atoms with Gasteiger partial charge in [0.2, 0.25) is 0 Å². The second kappa shape index (κ2) is 7.00. The number of halogens is 3. The summed E-state index contributed by atoms with van der Waals surface area (Å²) < 4.78 is 42.7. The number of alkyl halides is 3. The number of ether oxygens (including phenoxy) is 1. The Hall–Kier alpha value is -2.77. The first-order valence-electron chi connectivity index (χ1n) is 7.43. The molecular weight excluding hydrogens is 335 g/mol. The zero-order valence-corrected chi connectivity index (χ0v) is 13.9. The zero-order valence-electron chi connectivity index (χ0n) is 13.9. The number of nitrogens with zero attached hydrogens (tertiary/aromatic N) is 1. The molecule has 2 aromatic rings. The molecule has 8 heteroatoms. The van der Waals surface area contributed by atoms with Crippen LogP contribution in [-0.4, -0.2) is 16.7 Å². The molecule has 0 aliphatic heterocycles. The van der Waals surface area contributed by atoms with Gasteiger partial charge in [0.1, 0.15) is 11.4 Å². The largest absolute Gasteiger partial charge is 0.444 e. The van der Waals surface area contributed by atoms with E-state index in [0.29, 0.717) is 17.2 Å². The van der Waals surface area contributed by atoms with Crippen LogP contribution in [0.5, 0.6) is 0 Å². The highest BCUT2D eigenvalue weighted by molar-refractivity contribution is 5.83. The van der Waals surface area contributed by atoms with Gasteiger partial charge in [0.15, 0.2) is 0 Å². The average Bonchev–Trinajstić information content (AvgIpc) is 2.47. The molecule has 1 heterocycles. The van der Waals surface area contributed by atoms with Gasteiger partial charge >= 0.3 is 12.3 Å². The molecule has 1 amide bonds. The van der Waals surface area contributed by atoms with Crippen molar-refractivity contribution in [2.24, 2.45) is 0 Å². The Labute approximate surface area is 143 Å². The van der Waals surface area contributed by atoms with Crippen LogP contribution < -0.4 is 10.6 Å². The molecule has 0 saturated heterocycles. The Bertz CT molecular complexity index is 721. The van der Waals surface area contributed by atoms with Gasteiger partial charge in [-0.2, -0.15) is 13.2 Å². The van der Waals surface area contributed by atoms with E-state index in [2.05, 4.69) is 15.6 Å². The number of anilines is 3. The molecule has 0 spiro atoms. The van der Waals surface area contributed by atoms with Crippen molar-refractivity contribution in [1.29, 1.82) is 0 Å². The maximum absolute atomic E-state index is 12.5. The highest BCUT2D eigenvalue weighted by Gasteiger charge is 2.29. The lowest BCUT2D eigenvalue weighted by Gasteiger charge is -2.19. The molecule has 0 aliphatic carbocycles. The summed E-state index contributed by atoms with van der Waals surface area (Å²) in [6, 6.07) is 7.83. The lowest BCUT2D eigenvalue weighted by atomic mass is 10.2. The maximum atomic E-state index is 12.5. The van der Waals surface area contributed by atoms with Gasteiger partial charge in [0.25, 0.3) is 0 Å². The van der Waals surface area contributed by atoms with Crippen LogP contribution in [0, 0.1) is 0 Å². The second-order valence-electron chi connectivity index (χ2n) is 6.26. The van der Waals surface area contributed by atoms with Crippen LogP contribution in [0.1, 0.15) is 26.3 Å². The first-order chi connectivity index (χ1) is 11.5. The highest BCUT2D eigenvalue weighted by Crippen LogP contribution is 2.30. The van der Waals surface area contributed by atoms with Crippen LogP contribution in [0.2, 0.25) is 0 Å². The number of aromatic nitrogens is 1. The van der Waals surface area contributed by atoms with Gasteiger partial charge in [0, 0.05) is 5.69 Å². The van der Waals surface area contributed by atoms with Crippen molar-refractivity contribution in [3.05, 3.63) is 48.2 Å². The minimum atomic E-state index is -4.37. The van der Waals surface area contributed by atoms with Gasteiger partial charge in [-0.1, -0.05) is 0 Å². The van der Waals surface area contributed by atoms with Crippen molar-refractivity contribution < 1.29 is 22.7 Å². The van der Waals surface area contributed by atoms with Crippen molar-refractivity contribution in [3.63, 3.8) is 0 Å². The number of nitrogens with one attached hydrogen (secondary N) is 2. The Morgan fingerprint density at radius 1 is 1.00 bits per heavy atom. The van der Waals surface area contributed by atoms with Crippen LogP contribution in [0.3, 0.4) is 0 Å². The van der Waals surface area contributed by atoms with Crippen molar-refractivity contribution in [3.8, 4) is 0 Å². The van der Waals surface area contributed by atoms with Gasteiger partial charge in [-0.15, -0.1) is 0 Å². The fourth-order valence-electron chi connectivity index (χ4n) is 1.86. The number of carbonyl (C=O) groups is 1. The topological polar surface area (TPSA) is 63.2 Å². The summed E-state index contributed by atoms with van der Waals surface area (Å²) in [5, 5.41) is 5.42. The van der Waals surface area contributed by atoms with Crippen molar-refractivity contribution in [2.45, 2.75) is 32.5 Å². The van der Waals surface area contributed by atoms with E-state index in [9.17, 15) is 18.0 Å². The molecule has 0 fully saturated rings. The molecule has 5 nitrogen and oxygen atoms in total. The van der Waals surface area contributed by atoms with Gasteiger partial charge < -0.3 is 10.1 Å². The fraction of sp³-hybridized carbons (Fsp3) is 0.294. The first-order valence-corrected chi connectivity index (χ1v) is 7.43. The Kier molecular flexibility index (Phi) is 5.20. The fourth-order valence-corrected chi connectivity index (χ4v) is 1.86. The van der Waals surface area contributed by atoms with Crippen LogP contribution in [-0.2, 0) is 10.9 Å². The van der Waals surface area contributed by atoms with E-state index in [4.69, 9.17) is 4.74 Å². The van der Waals surface area contributed by atoms with Crippen LogP contribution in [0.25, 0.3) is 0 Å². The minimum absolute atomic E-state index is 0.298. The first kappa shape index (κ1) is 18.6. The monoisotopic (exact) mass is 353 g/mol. The third-order valence-electron chi connectivity index (χ3n) is 2.89. The lowest BCUT2D eigenvalue weighted by Crippen LogP contribution is -2.27. The normalized spacial score (nSPS) is 11.8. The summed E-state index contributed by atoms with van der Waals surface area (Å²) in [5.41, 5.74) is -0.279. The van der Waals surface area contributed by atoms with E-state index in [1.807, 2.05) is 0 Å². The molecule has 134 valence electrons. The molecule has 0 radical (unpaired) electrons. The van der Waals surface area contributed by atoms with Crippen LogP contribution in [0.4, 0.5) is 35.2 Å². The number of amides is 1. The highest BCUT2D eigenvalue weighted by atomic mass is 19.4. The quantitative estimate of drug-likeness (QED) is 0.797. The summed E-state index contributed by atoms with van der Waals surface area (Å²) in [6.45, 7) is 5.24. The molecule has 1 aromatic carbocycles. The van der Waals surface area contributed by atoms with Gasteiger partial charge in [-0.25, -0.2) is 9.78 Å². The predicted molar refractivity (Wildman–Crippen MR) is 88.8 cm³/mol. The molecule has 0 aliphatic rings. The van der Waals surface area contributed by atoms with E-state index in [0.717, 1.165) is 12.1 Å². The molecule has 1 aromatic heterocycles. The number of pyridine rings is 1. The maximum Gasteiger partial charge on any atom is 0.416 e. The molecule has 2 rings (SSSR count). The SMILES string of the molecule is CC(C)(C)OC(=O)Nc1ccc(Nc2ccc(C(F)(F)F)cc2)cn1. The Balaban J connectivity index is 1.97. The predicted octanol–water partition coefficient (Wildman–Crippen LogP) is 5.19. The minimum Gasteiger partial charge on any atom is -0.444 e. The molecule has 0 saturated carbocycles. The summed E-state index contributed by atoms with van der Waals surface area (Å²) >= 11 is 0. The number of carbonyl (C=O) groups excluding carboxylic acids is 1. The Morgan fingerprint density at radius 2 is 1.60 bits per heavy atom. The third-order valence-corrected chi connectivity index (χ3v) is 2.89. The van der Waals surface area contributed by atoms with E-state index in [1.54, 1.807) is 32.9 Å². The summed E-state index contributed by atoms with van der Waals surface area (Å²) in [5.74, 6) is 0.298. The van der Waals surface area contributed by atoms with E-state index < -0.39 is 23.4 Å². The van der Waals surface area contributed by atoms with Crippen molar-refractivity contribution in [2.75, 3.05) is 10.6 Å². The lowest BCUT2D eigenvalue weighted by molar-refractivity contribution is -0.137. The smallest absolute Gasteiger partial charge is 0.416 e. The van der Waals surface area contributed by atoms with Crippen molar-refractivity contribution in [1.82, 2.24) is 4.98 Å². The third kappa shape index (κ3) is 5.98. The molecular formula is C17H18F3N3O2. The van der Waals surface area contributed by atoms with E-state index in [-0.39, 0.29) is 0 Å². The Morgan fingerprint density at radius 3 is 2.08 bits per heavy atom. The molecule has 0 atom stereocenters. The molecule has 25 heavy (non-hydrogen) atoms. The molecule has 2 N–H and O–H groups in total. The molecule has 0 bridgehead atoms.